The van der Waals surface area contributed by atoms with Crippen molar-refractivity contribution in [3.8, 4) is 22.8 Å². The predicted molar refractivity (Wildman–Crippen MR) is 123 cm³/mol. The Morgan fingerprint density at radius 3 is 2.30 bits per heavy atom. The van der Waals surface area contributed by atoms with Crippen molar-refractivity contribution >= 4 is 22.4 Å². The summed E-state index contributed by atoms with van der Waals surface area (Å²) in [6, 6.07) is 15.9. The molecule has 3 rings (SSSR count). The molecule has 0 atom stereocenters. The molecule has 1 heterocycles. The zero-order chi connectivity index (χ0) is 21.2. The zero-order valence-corrected chi connectivity index (χ0v) is 18.3. The molecule has 2 aromatic carbocycles. The van der Waals surface area contributed by atoms with Gasteiger partial charge in [0.1, 0.15) is 11.5 Å². The predicted octanol–water partition coefficient (Wildman–Crippen LogP) is 5.96. The van der Waals surface area contributed by atoms with Gasteiger partial charge in [-0.3, -0.25) is 4.79 Å². The van der Waals surface area contributed by atoms with E-state index < -0.39 is 0 Å². The summed E-state index contributed by atoms with van der Waals surface area (Å²) >= 11 is 1.42. The number of thiazole rings is 1. The molecular formula is C24H28N2O3S. The molecule has 0 aliphatic carbocycles. The van der Waals surface area contributed by atoms with E-state index in [1.807, 2.05) is 41.8 Å². The Morgan fingerprint density at radius 2 is 1.63 bits per heavy atom. The molecule has 0 saturated carbocycles. The van der Waals surface area contributed by atoms with Gasteiger partial charge in [-0.15, -0.1) is 11.3 Å². The van der Waals surface area contributed by atoms with E-state index in [0.717, 1.165) is 35.6 Å². The number of benzene rings is 2. The van der Waals surface area contributed by atoms with Crippen molar-refractivity contribution < 1.29 is 14.3 Å². The molecule has 158 valence electrons. The third kappa shape index (κ3) is 6.59. The van der Waals surface area contributed by atoms with Crippen molar-refractivity contribution in [1.82, 2.24) is 4.98 Å². The van der Waals surface area contributed by atoms with Gasteiger partial charge in [-0.25, -0.2) is 4.98 Å². The lowest BCUT2D eigenvalue weighted by Gasteiger charge is -2.07. The van der Waals surface area contributed by atoms with E-state index in [1.54, 1.807) is 0 Å². The largest absolute Gasteiger partial charge is 0.494 e. The van der Waals surface area contributed by atoms with Gasteiger partial charge in [-0.2, -0.15) is 0 Å². The van der Waals surface area contributed by atoms with Gasteiger partial charge in [0.2, 0.25) is 5.91 Å². The summed E-state index contributed by atoms with van der Waals surface area (Å²) in [4.78, 5) is 16.7. The smallest absolute Gasteiger partial charge is 0.226 e. The quantitative estimate of drug-likeness (QED) is 0.386. The fourth-order valence-electron chi connectivity index (χ4n) is 2.83. The number of rotatable bonds is 11. The summed E-state index contributed by atoms with van der Waals surface area (Å²) in [6.07, 6.45) is 3.04. The Morgan fingerprint density at radius 1 is 0.967 bits per heavy atom. The Labute approximate surface area is 182 Å². The molecule has 5 nitrogen and oxygen atoms in total. The van der Waals surface area contributed by atoms with Crippen molar-refractivity contribution in [2.24, 2.45) is 0 Å². The fourth-order valence-corrected chi connectivity index (χ4v) is 3.57. The summed E-state index contributed by atoms with van der Waals surface area (Å²) < 4.78 is 11.3. The molecule has 1 N–H and O–H groups in total. The molecule has 1 amide bonds. The van der Waals surface area contributed by atoms with Crippen molar-refractivity contribution in [3.05, 3.63) is 59.5 Å². The number of nitrogens with one attached hydrogen (secondary N) is 1. The topological polar surface area (TPSA) is 60.5 Å². The highest BCUT2D eigenvalue weighted by Crippen LogP contribution is 2.26. The Kier molecular flexibility index (Phi) is 8.27. The second-order valence-corrected chi connectivity index (χ2v) is 7.77. The zero-order valence-electron chi connectivity index (χ0n) is 17.5. The number of hydrogen-bond acceptors (Lipinski definition) is 5. The van der Waals surface area contributed by atoms with Crippen LogP contribution in [0.25, 0.3) is 11.3 Å². The molecule has 0 radical (unpaired) electrons. The fraction of sp³-hybridized carbons (Fsp3) is 0.333. The van der Waals surface area contributed by atoms with Crippen molar-refractivity contribution in [2.45, 2.75) is 39.5 Å². The number of aryl methyl sites for hydroxylation is 1. The van der Waals surface area contributed by atoms with E-state index in [9.17, 15) is 4.79 Å². The standard InChI is InChI=1S/C24H28N2O3S/c1-3-15-28-21-13-9-19(10-14-21)22-17-30-24(25-22)26-23(27)6-5-16-29-20-11-7-18(4-2)8-12-20/h7-14,17H,3-6,15-16H2,1-2H3,(H,25,26,27). The summed E-state index contributed by atoms with van der Waals surface area (Å²) in [5, 5.41) is 5.43. The average Bonchev–Trinajstić information content (AvgIpc) is 3.24. The molecule has 0 fully saturated rings. The molecule has 0 aliphatic heterocycles. The summed E-state index contributed by atoms with van der Waals surface area (Å²) in [6.45, 7) is 5.42. The molecule has 6 heteroatoms. The van der Waals surface area contributed by atoms with Gasteiger partial charge in [0, 0.05) is 17.4 Å². The highest BCUT2D eigenvalue weighted by molar-refractivity contribution is 7.14. The van der Waals surface area contributed by atoms with Crippen molar-refractivity contribution in [2.75, 3.05) is 18.5 Å². The van der Waals surface area contributed by atoms with Gasteiger partial charge in [0.05, 0.1) is 18.9 Å². The SMILES string of the molecule is CCCOc1ccc(-c2csc(NC(=O)CCCOc3ccc(CC)cc3)n2)cc1. The van der Waals surface area contributed by atoms with Crippen LogP contribution in [0.5, 0.6) is 11.5 Å². The first-order valence-corrected chi connectivity index (χ1v) is 11.3. The lowest BCUT2D eigenvalue weighted by atomic mass is 10.2. The van der Waals surface area contributed by atoms with Gasteiger partial charge < -0.3 is 14.8 Å². The maximum absolute atomic E-state index is 12.2. The number of nitrogens with zero attached hydrogens (tertiary/aromatic N) is 1. The maximum Gasteiger partial charge on any atom is 0.226 e. The van der Waals surface area contributed by atoms with Gasteiger partial charge in [-0.1, -0.05) is 26.0 Å². The number of aromatic nitrogens is 1. The van der Waals surface area contributed by atoms with Crippen LogP contribution in [-0.4, -0.2) is 24.1 Å². The van der Waals surface area contributed by atoms with Crippen LogP contribution in [0.1, 0.15) is 38.7 Å². The number of carbonyl (C=O) groups is 1. The number of anilines is 1. The second kappa shape index (κ2) is 11.4. The lowest BCUT2D eigenvalue weighted by Crippen LogP contribution is -2.12. The monoisotopic (exact) mass is 424 g/mol. The maximum atomic E-state index is 12.2. The molecule has 0 bridgehead atoms. The van der Waals surface area contributed by atoms with E-state index in [-0.39, 0.29) is 5.91 Å². The average molecular weight is 425 g/mol. The van der Waals surface area contributed by atoms with E-state index >= 15 is 0 Å². The first-order chi connectivity index (χ1) is 14.7. The summed E-state index contributed by atoms with van der Waals surface area (Å²) in [7, 11) is 0. The minimum absolute atomic E-state index is 0.0517. The summed E-state index contributed by atoms with van der Waals surface area (Å²) in [5.41, 5.74) is 3.12. The van der Waals surface area contributed by atoms with Crippen LogP contribution in [0.2, 0.25) is 0 Å². The highest BCUT2D eigenvalue weighted by atomic mass is 32.1. The second-order valence-electron chi connectivity index (χ2n) is 6.91. The van der Waals surface area contributed by atoms with Crippen LogP contribution in [-0.2, 0) is 11.2 Å². The molecule has 1 aromatic heterocycles. The van der Waals surface area contributed by atoms with Crippen molar-refractivity contribution in [3.63, 3.8) is 0 Å². The molecule has 30 heavy (non-hydrogen) atoms. The third-order valence-electron chi connectivity index (χ3n) is 4.52. The van der Waals surface area contributed by atoms with Gasteiger partial charge >= 0.3 is 0 Å². The molecular weight excluding hydrogens is 396 g/mol. The van der Waals surface area contributed by atoms with E-state index in [0.29, 0.717) is 31.2 Å². The normalized spacial score (nSPS) is 10.6. The lowest BCUT2D eigenvalue weighted by molar-refractivity contribution is -0.116. The molecule has 3 aromatic rings. The van der Waals surface area contributed by atoms with Crippen LogP contribution in [0.15, 0.2) is 53.9 Å². The number of ether oxygens (including phenoxy) is 2. The third-order valence-corrected chi connectivity index (χ3v) is 5.28. The van der Waals surface area contributed by atoms with E-state index in [4.69, 9.17) is 9.47 Å². The highest BCUT2D eigenvalue weighted by Gasteiger charge is 2.08. The Hall–Kier alpha value is -2.86. The van der Waals surface area contributed by atoms with Crippen LogP contribution in [0.4, 0.5) is 5.13 Å². The first-order valence-electron chi connectivity index (χ1n) is 10.4. The Bertz CT molecular complexity index is 920. The first kappa shape index (κ1) is 21.8. The summed E-state index contributed by atoms with van der Waals surface area (Å²) in [5.74, 6) is 1.64. The van der Waals surface area contributed by atoms with E-state index in [1.165, 1.54) is 16.9 Å². The Balaban J connectivity index is 1.41. The van der Waals surface area contributed by atoms with Gasteiger partial charge in [-0.05, 0) is 61.2 Å². The van der Waals surface area contributed by atoms with E-state index in [2.05, 4.69) is 36.3 Å². The minimum atomic E-state index is -0.0517. The van der Waals surface area contributed by atoms with Crippen LogP contribution < -0.4 is 14.8 Å². The molecule has 0 spiro atoms. The van der Waals surface area contributed by atoms with Crippen LogP contribution in [0.3, 0.4) is 0 Å². The minimum Gasteiger partial charge on any atom is -0.494 e. The molecule has 0 saturated heterocycles. The number of amides is 1. The van der Waals surface area contributed by atoms with Crippen molar-refractivity contribution in [1.29, 1.82) is 0 Å². The molecule has 0 aliphatic rings. The van der Waals surface area contributed by atoms with Crippen LogP contribution >= 0.6 is 11.3 Å². The van der Waals surface area contributed by atoms with Crippen LogP contribution in [0, 0.1) is 0 Å². The van der Waals surface area contributed by atoms with Gasteiger partial charge in [0.15, 0.2) is 5.13 Å². The molecule has 0 unspecified atom stereocenters. The number of hydrogen-bond donors (Lipinski definition) is 1. The number of carbonyl (C=O) groups excluding carboxylic acids is 1. The van der Waals surface area contributed by atoms with Gasteiger partial charge in [0.25, 0.3) is 0 Å².